The molecule has 1 aliphatic carbocycles. The number of benzene rings is 1. The molecule has 0 aliphatic heterocycles. The molecule has 144 valence electrons. The highest BCUT2D eigenvalue weighted by Crippen LogP contribution is 2.23. The van der Waals surface area contributed by atoms with Crippen LogP contribution >= 0.6 is 0 Å². The number of ether oxygens (including phenoxy) is 1. The van der Waals surface area contributed by atoms with E-state index in [-0.39, 0.29) is 5.91 Å². The molecule has 2 aromatic rings. The van der Waals surface area contributed by atoms with Crippen molar-refractivity contribution < 1.29 is 9.53 Å². The standard InChI is InChI=1S/C21H28N4O2/c1-27-14-8-13-22-21(26)18-15-19(23-17-11-6-3-7-12-17)25-20(24-18)16-9-4-2-5-10-16/h2,4-5,9-10,15,17H,3,6-8,11-14H2,1H3,(H,22,26)(H,23,24,25). The summed E-state index contributed by atoms with van der Waals surface area (Å²) in [6.45, 7) is 1.18. The van der Waals surface area contributed by atoms with Crippen LogP contribution in [0, 0.1) is 0 Å². The van der Waals surface area contributed by atoms with Gasteiger partial charge in [0, 0.05) is 37.9 Å². The molecule has 1 aromatic carbocycles. The van der Waals surface area contributed by atoms with Gasteiger partial charge in [0.1, 0.15) is 11.5 Å². The van der Waals surface area contributed by atoms with Gasteiger partial charge in [-0.3, -0.25) is 4.79 Å². The topological polar surface area (TPSA) is 76.1 Å². The number of carbonyl (C=O) groups is 1. The first-order valence-electron chi connectivity index (χ1n) is 9.74. The second kappa shape index (κ2) is 10.0. The molecule has 6 nitrogen and oxygen atoms in total. The quantitative estimate of drug-likeness (QED) is 0.696. The fourth-order valence-electron chi connectivity index (χ4n) is 3.32. The highest BCUT2D eigenvalue weighted by Gasteiger charge is 2.17. The maximum Gasteiger partial charge on any atom is 0.270 e. The molecular formula is C21H28N4O2. The summed E-state index contributed by atoms with van der Waals surface area (Å²) in [6.07, 6.45) is 6.83. The first-order valence-corrected chi connectivity index (χ1v) is 9.74. The Hall–Kier alpha value is -2.47. The predicted octanol–water partition coefficient (Wildman–Crippen LogP) is 3.65. The molecule has 0 bridgehead atoms. The number of hydrogen-bond acceptors (Lipinski definition) is 5. The predicted molar refractivity (Wildman–Crippen MR) is 107 cm³/mol. The van der Waals surface area contributed by atoms with Gasteiger partial charge in [0.05, 0.1) is 0 Å². The Balaban J connectivity index is 1.80. The van der Waals surface area contributed by atoms with Gasteiger partial charge < -0.3 is 15.4 Å². The van der Waals surface area contributed by atoms with Crippen molar-refractivity contribution in [2.24, 2.45) is 0 Å². The molecule has 27 heavy (non-hydrogen) atoms. The lowest BCUT2D eigenvalue weighted by Crippen LogP contribution is -2.27. The van der Waals surface area contributed by atoms with E-state index in [1.807, 2.05) is 30.3 Å². The van der Waals surface area contributed by atoms with Gasteiger partial charge in [0.2, 0.25) is 0 Å². The van der Waals surface area contributed by atoms with Crippen LogP contribution in [0.15, 0.2) is 36.4 Å². The Bertz CT molecular complexity index is 730. The second-order valence-electron chi connectivity index (χ2n) is 6.91. The molecule has 1 aliphatic rings. The van der Waals surface area contributed by atoms with Crippen molar-refractivity contribution >= 4 is 11.7 Å². The Morgan fingerprint density at radius 1 is 1.15 bits per heavy atom. The van der Waals surface area contributed by atoms with E-state index in [1.54, 1.807) is 13.2 Å². The lowest BCUT2D eigenvalue weighted by molar-refractivity contribution is 0.0943. The molecule has 1 saturated carbocycles. The number of carbonyl (C=O) groups excluding carboxylic acids is 1. The number of aromatic nitrogens is 2. The zero-order valence-corrected chi connectivity index (χ0v) is 15.9. The van der Waals surface area contributed by atoms with Crippen LogP contribution in [0.2, 0.25) is 0 Å². The minimum atomic E-state index is -0.183. The number of hydrogen-bond donors (Lipinski definition) is 2. The summed E-state index contributed by atoms with van der Waals surface area (Å²) < 4.78 is 5.02. The van der Waals surface area contributed by atoms with E-state index in [9.17, 15) is 4.79 Å². The van der Waals surface area contributed by atoms with Crippen molar-refractivity contribution in [1.82, 2.24) is 15.3 Å². The lowest BCUT2D eigenvalue weighted by atomic mass is 9.95. The average molecular weight is 368 g/mol. The van der Waals surface area contributed by atoms with Crippen molar-refractivity contribution in [1.29, 1.82) is 0 Å². The molecule has 1 amide bonds. The van der Waals surface area contributed by atoms with E-state index >= 15 is 0 Å². The molecule has 3 rings (SSSR count). The molecule has 0 atom stereocenters. The molecular weight excluding hydrogens is 340 g/mol. The van der Waals surface area contributed by atoms with Gasteiger partial charge in [-0.25, -0.2) is 9.97 Å². The molecule has 0 spiro atoms. The number of nitrogens with zero attached hydrogens (tertiary/aromatic N) is 2. The lowest BCUT2D eigenvalue weighted by Gasteiger charge is -2.23. The summed E-state index contributed by atoms with van der Waals surface area (Å²) >= 11 is 0. The van der Waals surface area contributed by atoms with Crippen LogP contribution in [0.3, 0.4) is 0 Å². The van der Waals surface area contributed by atoms with Gasteiger partial charge in [-0.05, 0) is 19.3 Å². The van der Waals surface area contributed by atoms with Gasteiger partial charge >= 0.3 is 0 Å². The van der Waals surface area contributed by atoms with Crippen LogP contribution < -0.4 is 10.6 Å². The molecule has 1 aromatic heterocycles. The van der Waals surface area contributed by atoms with Crippen LogP contribution in [0.1, 0.15) is 49.0 Å². The highest BCUT2D eigenvalue weighted by molar-refractivity contribution is 5.93. The second-order valence-corrected chi connectivity index (χ2v) is 6.91. The van der Waals surface area contributed by atoms with Crippen molar-refractivity contribution in [2.75, 3.05) is 25.6 Å². The summed E-state index contributed by atoms with van der Waals surface area (Å²) in [6, 6.07) is 11.9. The summed E-state index contributed by atoms with van der Waals surface area (Å²) in [5, 5.41) is 6.42. The van der Waals surface area contributed by atoms with Crippen LogP contribution in [-0.4, -0.2) is 42.2 Å². The van der Waals surface area contributed by atoms with Crippen molar-refractivity contribution in [3.05, 3.63) is 42.1 Å². The van der Waals surface area contributed by atoms with Gasteiger partial charge in [0.25, 0.3) is 5.91 Å². The third kappa shape index (κ3) is 5.76. The van der Waals surface area contributed by atoms with Gasteiger partial charge in [-0.15, -0.1) is 0 Å². The van der Waals surface area contributed by atoms with Crippen LogP contribution in [0.4, 0.5) is 5.82 Å². The Morgan fingerprint density at radius 3 is 2.67 bits per heavy atom. The summed E-state index contributed by atoms with van der Waals surface area (Å²) in [7, 11) is 1.65. The number of nitrogens with one attached hydrogen (secondary N) is 2. The molecule has 1 fully saturated rings. The maximum atomic E-state index is 12.6. The fourth-order valence-corrected chi connectivity index (χ4v) is 3.32. The highest BCUT2D eigenvalue weighted by atomic mass is 16.5. The van der Waals surface area contributed by atoms with E-state index < -0.39 is 0 Å². The zero-order valence-electron chi connectivity index (χ0n) is 15.9. The third-order valence-electron chi connectivity index (χ3n) is 4.76. The van der Waals surface area contributed by atoms with E-state index in [2.05, 4.69) is 20.6 Å². The van der Waals surface area contributed by atoms with Crippen molar-refractivity contribution in [2.45, 2.75) is 44.6 Å². The summed E-state index contributed by atoms with van der Waals surface area (Å²) in [5.74, 6) is 1.11. The van der Waals surface area contributed by atoms with Crippen molar-refractivity contribution in [3.8, 4) is 11.4 Å². The van der Waals surface area contributed by atoms with E-state index in [4.69, 9.17) is 4.74 Å². The average Bonchev–Trinajstić information content (AvgIpc) is 2.72. The van der Waals surface area contributed by atoms with E-state index in [0.717, 1.165) is 30.6 Å². The number of anilines is 1. The van der Waals surface area contributed by atoms with Gasteiger partial charge in [-0.2, -0.15) is 0 Å². The number of methoxy groups -OCH3 is 1. The normalized spacial score (nSPS) is 14.7. The minimum absolute atomic E-state index is 0.183. The maximum absolute atomic E-state index is 12.6. The first-order chi connectivity index (χ1) is 13.3. The number of amides is 1. The van der Waals surface area contributed by atoms with E-state index in [0.29, 0.717) is 30.7 Å². The largest absolute Gasteiger partial charge is 0.385 e. The number of rotatable bonds is 8. The zero-order chi connectivity index (χ0) is 18.9. The van der Waals surface area contributed by atoms with Gasteiger partial charge in [0.15, 0.2) is 5.82 Å². The molecule has 1 heterocycles. The third-order valence-corrected chi connectivity index (χ3v) is 4.76. The molecule has 0 saturated heterocycles. The summed E-state index contributed by atoms with van der Waals surface area (Å²) in [4.78, 5) is 21.7. The Kier molecular flexibility index (Phi) is 7.16. The minimum Gasteiger partial charge on any atom is -0.385 e. The first kappa shape index (κ1) is 19.3. The molecule has 6 heteroatoms. The summed E-state index contributed by atoms with van der Waals surface area (Å²) in [5.41, 5.74) is 1.29. The molecule has 0 radical (unpaired) electrons. The molecule has 0 unspecified atom stereocenters. The van der Waals surface area contributed by atoms with Gasteiger partial charge in [-0.1, -0.05) is 49.6 Å². The fraction of sp³-hybridized carbons (Fsp3) is 0.476. The Labute approximate surface area is 160 Å². The monoisotopic (exact) mass is 368 g/mol. The van der Waals surface area contributed by atoms with Crippen LogP contribution in [-0.2, 0) is 4.74 Å². The SMILES string of the molecule is COCCCNC(=O)c1cc(NC2CCCCC2)nc(-c2ccccc2)n1. The van der Waals surface area contributed by atoms with E-state index in [1.165, 1.54) is 19.3 Å². The van der Waals surface area contributed by atoms with Crippen LogP contribution in [0.5, 0.6) is 0 Å². The smallest absolute Gasteiger partial charge is 0.270 e. The molecule has 2 N–H and O–H groups in total. The van der Waals surface area contributed by atoms with Crippen LogP contribution in [0.25, 0.3) is 11.4 Å². The Morgan fingerprint density at radius 2 is 1.93 bits per heavy atom. The van der Waals surface area contributed by atoms with Crippen molar-refractivity contribution in [3.63, 3.8) is 0 Å².